The molecule has 1 aromatic carbocycles. The van der Waals surface area contributed by atoms with Gasteiger partial charge in [0.15, 0.2) is 5.82 Å². The number of nitro benzene ring substituents is 1. The smallest absolute Gasteiger partial charge is 0.269 e. The average molecular weight is 329 g/mol. The number of nitrogens with zero attached hydrogens (tertiary/aromatic N) is 5. The van der Waals surface area contributed by atoms with Crippen LogP contribution in [0, 0.1) is 10.1 Å². The number of hydrogen-bond acceptors (Lipinski definition) is 7. The van der Waals surface area contributed by atoms with Gasteiger partial charge in [-0.25, -0.2) is 9.97 Å². The van der Waals surface area contributed by atoms with E-state index in [1.54, 1.807) is 31.6 Å². The van der Waals surface area contributed by atoms with E-state index in [0.29, 0.717) is 5.88 Å². The minimum atomic E-state index is -0.378. The summed E-state index contributed by atoms with van der Waals surface area (Å²) in [5.74, 6) is 1.32. The standard InChI is InChI=1S/C16H19N5O3/c1-24-16-15(17-6-7-18-16)20-10-8-19(9-11-20)12-13-2-4-14(5-3-13)21(22)23/h2-7H,8-12H2,1H3. The molecular formula is C16H19N5O3. The first-order chi connectivity index (χ1) is 11.7. The van der Waals surface area contributed by atoms with Crippen molar-refractivity contribution in [3.05, 3.63) is 52.3 Å². The van der Waals surface area contributed by atoms with Crippen LogP contribution in [0.15, 0.2) is 36.7 Å². The normalized spacial score (nSPS) is 15.3. The van der Waals surface area contributed by atoms with Gasteiger partial charge >= 0.3 is 0 Å². The van der Waals surface area contributed by atoms with Gasteiger partial charge < -0.3 is 9.64 Å². The number of non-ortho nitro benzene ring substituents is 1. The lowest BCUT2D eigenvalue weighted by Gasteiger charge is -2.35. The maximum atomic E-state index is 10.7. The number of aromatic nitrogens is 2. The minimum absolute atomic E-state index is 0.123. The maximum Gasteiger partial charge on any atom is 0.269 e. The van der Waals surface area contributed by atoms with Gasteiger partial charge in [0.2, 0.25) is 0 Å². The number of rotatable bonds is 5. The highest BCUT2D eigenvalue weighted by molar-refractivity contribution is 5.48. The molecule has 1 fully saturated rings. The molecule has 1 aliphatic heterocycles. The number of benzene rings is 1. The summed E-state index contributed by atoms with van der Waals surface area (Å²) >= 11 is 0. The van der Waals surface area contributed by atoms with Crippen molar-refractivity contribution in [2.75, 3.05) is 38.2 Å². The summed E-state index contributed by atoms with van der Waals surface area (Å²) in [6.45, 7) is 4.22. The first-order valence-electron chi connectivity index (χ1n) is 7.73. The third-order valence-corrected chi connectivity index (χ3v) is 4.07. The van der Waals surface area contributed by atoms with Crippen LogP contribution in [-0.2, 0) is 6.54 Å². The second kappa shape index (κ2) is 7.22. The van der Waals surface area contributed by atoms with Crippen molar-refractivity contribution in [2.45, 2.75) is 6.54 Å². The summed E-state index contributed by atoms with van der Waals surface area (Å²) < 4.78 is 5.27. The van der Waals surface area contributed by atoms with Gasteiger partial charge in [-0.1, -0.05) is 12.1 Å². The molecule has 0 bridgehead atoms. The summed E-state index contributed by atoms with van der Waals surface area (Å²) in [7, 11) is 1.60. The van der Waals surface area contributed by atoms with Gasteiger partial charge in [-0.05, 0) is 5.56 Å². The van der Waals surface area contributed by atoms with Crippen molar-refractivity contribution < 1.29 is 9.66 Å². The second-order valence-electron chi connectivity index (χ2n) is 5.58. The number of hydrogen-bond donors (Lipinski definition) is 0. The van der Waals surface area contributed by atoms with Crippen LogP contribution in [0.3, 0.4) is 0 Å². The van der Waals surface area contributed by atoms with Gasteiger partial charge in [0.25, 0.3) is 11.6 Å². The molecule has 0 amide bonds. The number of piperazine rings is 1. The highest BCUT2D eigenvalue weighted by atomic mass is 16.6. The lowest BCUT2D eigenvalue weighted by Crippen LogP contribution is -2.46. The molecule has 0 atom stereocenters. The minimum Gasteiger partial charge on any atom is -0.478 e. The van der Waals surface area contributed by atoms with Crippen LogP contribution in [-0.4, -0.2) is 53.1 Å². The Morgan fingerprint density at radius 1 is 1.12 bits per heavy atom. The number of methoxy groups -OCH3 is 1. The van der Waals surface area contributed by atoms with Crippen molar-refractivity contribution in [3.8, 4) is 5.88 Å². The quantitative estimate of drug-likeness (QED) is 0.610. The Morgan fingerprint density at radius 3 is 2.42 bits per heavy atom. The van der Waals surface area contributed by atoms with E-state index in [0.717, 1.165) is 44.1 Å². The Balaban J connectivity index is 1.58. The first kappa shape index (κ1) is 16.1. The summed E-state index contributed by atoms with van der Waals surface area (Å²) in [5, 5.41) is 10.7. The molecule has 0 unspecified atom stereocenters. The monoisotopic (exact) mass is 329 g/mol. The molecule has 1 saturated heterocycles. The fourth-order valence-corrected chi connectivity index (χ4v) is 2.78. The third-order valence-electron chi connectivity index (χ3n) is 4.07. The van der Waals surface area contributed by atoms with E-state index in [9.17, 15) is 10.1 Å². The average Bonchev–Trinajstić information content (AvgIpc) is 2.63. The molecule has 2 aromatic rings. The fourth-order valence-electron chi connectivity index (χ4n) is 2.78. The lowest BCUT2D eigenvalue weighted by atomic mass is 10.2. The zero-order valence-electron chi connectivity index (χ0n) is 13.5. The van der Waals surface area contributed by atoms with E-state index < -0.39 is 0 Å². The SMILES string of the molecule is COc1nccnc1N1CCN(Cc2ccc([N+](=O)[O-])cc2)CC1. The molecule has 24 heavy (non-hydrogen) atoms. The van der Waals surface area contributed by atoms with E-state index in [2.05, 4.69) is 19.8 Å². The molecule has 0 saturated carbocycles. The second-order valence-corrected chi connectivity index (χ2v) is 5.58. The molecule has 8 heteroatoms. The lowest BCUT2D eigenvalue weighted by molar-refractivity contribution is -0.384. The van der Waals surface area contributed by atoms with Crippen LogP contribution in [0.2, 0.25) is 0 Å². The van der Waals surface area contributed by atoms with Crippen molar-refractivity contribution in [3.63, 3.8) is 0 Å². The number of nitro groups is 1. The maximum absolute atomic E-state index is 10.7. The van der Waals surface area contributed by atoms with Crippen molar-refractivity contribution >= 4 is 11.5 Å². The largest absolute Gasteiger partial charge is 0.478 e. The van der Waals surface area contributed by atoms with Crippen molar-refractivity contribution in [1.82, 2.24) is 14.9 Å². The van der Waals surface area contributed by atoms with Gasteiger partial charge in [-0.3, -0.25) is 15.0 Å². The zero-order chi connectivity index (χ0) is 16.9. The predicted octanol–water partition coefficient (Wildman–Crippen LogP) is 1.72. The molecule has 0 radical (unpaired) electrons. The third kappa shape index (κ3) is 3.60. The van der Waals surface area contributed by atoms with E-state index in [1.807, 2.05) is 12.1 Å². The summed E-state index contributed by atoms with van der Waals surface area (Å²) in [6, 6.07) is 6.73. The Bertz CT molecular complexity index is 699. The Morgan fingerprint density at radius 2 is 1.79 bits per heavy atom. The van der Waals surface area contributed by atoms with E-state index in [-0.39, 0.29) is 10.6 Å². The van der Waals surface area contributed by atoms with Crippen LogP contribution in [0.25, 0.3) is 0 Å². The Labute approximate surface area is 139 Å². The molecular weight excluding hydrogens is 310 g/mol. The number of anilines is 1. The van der Waals surface area contributed by atoms with Gasteiger partial charge in [0, 0.05) is 57.3 Å². The van der Waals surface area contributed by atoms with Gasteiger partial charge in [-0.2, -0.15) is 0 Å². The Kier molecular flexibility index (Phi) is 4.85. The molecule has 0 N–H and O–H groups in total. The molecule has 8 nitrogen and oxygen atoms in total. The van der Waals surface area contributed by atoms with Crippen LogP contribution in [0.5, 0.6) is 5.88 Å². The predicted molar refractivity (Wildman–Crippen MR) is 89.2 cm³/mol. The van der Waals surface area contributed by atoms with Crippen LogP contribution in [0.4, 0.5) is 11.5 Å². The molecule has 0 aliphatic carbocycles. The summed E-state index contributed by atoms with van der Waals surface area (Å²) in [4.78, 5) is 23.4. The van der Waals surface area contributed by atoms with Crippen LogP contribution >= 0.6 is 0 Å². The van der Waals surface area contributed by atoms with Gasteiger partial charge in [-0.15, -0.1) is 0 Å². The van der Waals surface area contributed by atoms with E-state index >= 15 is 0 Å². The number of ether oxygens (including phenoxy) is 1. The summed E-state index contributed by atoms with van der Waals surface area (Å²) in [5.41, 5.74) is 1.20. The van der Waals surface area contributed by atoms with Crippen LogP contribution < -0.4 is 9.64 Å². The Hall–Kier alpha value is -2.74. The molecule has 1 aliphatic rings. The van der Waals surface area contributed by atoms with E-state index in [4.69, 9.17) is 4.74 Å². The van der Waals surface area contributed by atoms with Crippen molar-refractivity contribution in [1.29, 1.82) is 0 Å². The van der Waals surface area contributed by atoms with Gasteiger partial charge in [0.1, 0.15) is 0 Å². The molecule has 0 spiro atoms. The topological polar surface area (TPSA) is 84.6 Å². The van der Waals surface area contributed by atoms with Crippen LogP contribution in [0.1, 0.15) is 5.56 Å². The zero-order valence-corrected chi connectivity index (χ0v) is 13.5. The van der Waals surface area contributed by atoms with Gasteiger partial charge in [0.05, 0.1) is 12.0 Å². The molecule has 2 heterocycles. The molecule has 1 aromatic heterocycles. The first-order valence-corrected chi connectivity index (χ1v) is 7.73. The summed E-state index contributed by atoms with van der Waals surface area (Å²) in [6.07, 6.45) is 3.29. The van der Waals surface area contributed by atoms with Crippen molar-refractivity contribution in [2.24, 2.45) is 0 Å². The van der Waals surface area contributed by atoms with E-state index in [1.165, 1.54) is 0 Å². The molecule has 126 valence electrons. The molecule has 3 rings (SSSR count). The highest BCUT2D eigenvalue weighted by Gasteiger charge is 2.21. The fraction of sp³-hybridized carbons (Fsp3) is 0.375. The highest BCUT2D eigenvalue weighted by Crippen LogP contribution is 2.23.